The van der Waals surface area contributed by atoms with Gasteiger partial charge in [0, 0.05) is 6.04 Å². The zero-order valence-electron chi connectivity index (χ0n) is 9.88. The van der Waals surface area contributed by atoms with Crippen molar-refractivity contribution in [1.82, 2.24) is 5.32 Å². The van der Waals surface area contributed by atoms with Crippen molar-refractivity contribution in [3.63, 3.8) is 0 Å². The van der Waals surface area contributed by atoms with Crippen LogP contribution in [0.4, 0.5) is 8.78 Å². The van der Waals surface area contributed by atoms with Crippen molar-refractivity contribution >= 4 is 12.4 Å². The van der Waals surface area contributed by atoms with Crippen LogP contribution in [0.2, 0.25) is 0 Å². The van der Waals surface area contributed by atoms with Crippen LogP contribution in [0.15, 0.2) is 18.2 Å². The summed E-state index contributed by atoms with van der Waals surface area (Å²) in [5.41, 5.74) is 0.855. The molecule has 1 nitrogen and oxygen atoms in total. The number of hydrogen-bond acceptors (Lipinski definition) is 1. The summed E-state index contributed by atoms with van der Waals surface area (Å²) >= 11 is 0. The molecule has 0 spiro atoms. The fraction of sp³-hybridized carbons (Fsp3) is 0.538. The number of benzene rings is 1. The molecule has 0 aromatic heterocycles. The summed E-state index contributed by atoms with van der Waals surface area (Å²) in [7, 11) is 0. The van der Waals surface area contributed by atoms with E-state index in [1.54, 1.807) is 6.07 Å². The van der Waals surface area contributed by atoms with E-state index in [1.165, 1.54) is 12.1 Å². The largest absolute Gasteiger partial charge is 0.310 e. The Balaban J connectivity index is 0.00000144. The molecule has 17 heavy (non-hydrogen) atoms. The van der Waals surface area contributed by atoms with Crippen LogP contribution in [-0.4, -0.2) is 6.54 Å². The van der Waals surface area contributed by atoms with Gasteiger partial charge in [-0.3, -0.25) is 0 Å². The lowest BCUT2D eigenvalue weighted by Gasteiger charge is -2.16. The predicted molar refractivity (Wildman–Crippen MR) is 67.4 cm³/mol. The molecule has 96 valence electrons. The maximum Gasteiger partial charge on any atom is 0.159 e. The fourth-order valence-corrected chi connectivity index (χ4v) is 2.22. The Kier molecular flexibility index (Phi) is 5.34. The topological polar surface area (TPSA) is 12.0 Å². The first-order valence-electron chi connectivity index (χ1n) is 5.85. The Bertz CT molecular complexity index is 370. The minimum absolute atomic E-state index is 0. The van der Waals surface area contributed by atoms with Gasteiger partial charge in [0.05, 0.1) is 0 Å². The highest BCUT2D eigenvalue weighted by molar-refractivity contribution is 5.85. The van der Waals surface area contributed by atoms with Gasteiger partial charge in [0.25, 0.3) is 0 Å². The summed E-state index contributed by atoms with van der Waals surface area (Å²) in [5.74, 6) is -0.815. The molecule has 4 heteroatoms. The zero-order valence-corrected chi connectivity index (χ0v) is 10.7. The Labute approximate surface area is 107 Å². The normalized spacial score (nSPS) is 24.9. The van der Waals surface area contributed by atoms with Crippen molar-refractivity contribution in [3.05, 3.63) is 35.4 Å². The molecule has 1 aliphatic rings. The Morgan fingerprint density at radius 3 is 2.59 bits per heavy atom. The average Bonchev–Trinajstić information content (AvgIpc) is 2.47. The van der Waals surface area contributed by atoms with Gasteiger partial charge in [-0.2, -0.15) is 0 Å². The molecule has 0 bridgehead atoms. The fourth-order valence-electron chi connectivity index (χ4n) is 2.22. The van der Waals surface area contributed by atoms with Gasteiger partial charge in [0.15, 0.2) is 11.6 Å². The summed E-state index contributed by atoms with van der Waals surface area (Å²) in [4.78, 5) is 0. The highest BCUT2D eigenvalue weighted by Gasteiger charge is 2.18. The lowest BCUT2D eigenvalue weighted by molar-refractivity contribution is 0.487. The lowest BCUT2D eigenvalue weighted by Crippen LogP contribution is -2.20. The molecule has 2 unspecified atom stereocenters. The zero-order chi connectivity index (χ0) is 11.5. The Hall–Kier alpha value is -0.670. The first-order chi connectivity index (χ1) is 7.66. The summed E-state index contributed by atoms with van der Waals surface area (Å²) in [6.07, 6.45) is 3.28. The van der Waals surface area contributed by atoms with Gasteiger partial charge >= 0.3 is 0 Å². The van der Waals surface area contributed by atoms with E-state index in [9.17, 15) is 8.78 Å². The molecule has 0 radical (unpaired) electrons. The average molecular weight is 262 g/mol. The van der Waals surface area contributed by atoms with Crippen molar-refractivity contribution < 1.29 is 8.78 Å². The van der Waals surface area contributed by atoms with E-state index in [2.05, 4.69) is 12.2 Å². The van der Waals surface area contributed by atoms with E-state index in [0.29, 0.717) is 5.92 Å². The molecule has 2 rings (SSSR count). The molecule has 1 aromatic rings. The highest BCUT2D eigenvalue weighted by atomic mass is 35.5. The van der Waals surface area contributed by atoms with Crippen LogP contribution in [0.25, 0.3) is 0 Å². The molecule has 1 aromatic carbocycles. The van der Waals surface area contributed by atoms with Crippen LogP contribution in [-0.2, 0) is 0 Å². The third-order valence-electron chi connectivity index (χ3n) is 3.32. The molecule has 0 saturated carbocycles. The van der Waals surface area contributed by atoms with Gasteiger partial charge in [-0.05, 0) is 49.4 Å². The molecular weight excluding hydrogens is 244 g/mol. The number of halogens is 3. The molecule has 1 aliphatic heterocycles. The number of hydrogen-bond donors (Lipinski definition) is 1. The van der Waals surface area contributed by atoms with Crippen LogP contribution in [0.5, 0.6) is 0 Å². The quantitative estimate of drug-likeness (QED) is 0.810. The Morgan fingerprint density at radius 2 is 1.88 bits per heavy atom. The van der Waals surface area contributed by atoms with Crippen LogP contribution in [0.3, 0.4) is 0 Å². The van der Waals surface area contributed by atoms with Crippen molar-refractivity contribution in [1.29, 1.82) is 0 Å². The second kappa shape index (κ2) is 6.31. The standard InChI is InChI=1S/C13H17F2N.ClH/c1-9-2-5-13(16-7-6-9)10-3-4-11(14)12(15)8-10;/h3-4,8-9,13,16H,2,5-7H2,1H3;1H. The number of nitrogens with one attached hydrogen (secondary N) is 1. The van der Waals surface area contributed by atoms with Gasteiger partial charge in [-0.1, -0.05) is 13.0 Å². The third kappa shape index (κ3) is 3.65. The van der Waals surface area contributed by atoms with Crippen molar-refractivity contribution in [3.8, 4) is 0 Å². The van der Waals surface area contributed by atoms with Crippen LogP contribution in [0.1, 0.15) is 37.8 Å². The van der Waals surface area contributed by atoms with E-state index in [4.69, 9.17) is 0 Å². The molecule has 1 fully saturated rings. The molecule has 1 saturated heterocycles. The van der Waals surface area contributed by atoms with Crippen LogP contribution < -0.4 is 5.32 Å². The van der Waals surface area contributed by atoms with Crippen LogP contribution >= 0.6 is 12.4 Å². The van der Waals surface area contributed by atoms with Gasteiger partial charge < -0.3 is 5.32 Å². The SMILES string of the molecule is CC1CCNC(c2ccc(F)c(F)c2)CC1.Cl. The lowest BCUT2D eigenvalue weighted by atomic mass is 9.98. The van der Waals surface area contributed by atoms with Gasteiger partial charge in [-0.25, -0.2) is 8.78 Å². The van der Waals surface area contributed by atoms with Gasteiger partial charge in [0.1, 0.15) is 0 Å². The highest BCUT2D eigenvalue weighted by Crippen LogP contribution is 2.26. The number of rotatable bonds is 1. The molecule has 2 atom stereocenters. The summed E-state index contributed by atoms with van der Waals surface area (Å²) < 4.78 is 25.9. The molecule has 1 heterocycles. The second-order valence-electron chi connectivity index (χ2n) is 4.65. The second-order valence-corrected chi connectivity index (χ2v) is 4.65. The molecule has 0 amide bonds. The monoisotopic (exact) mass is 261 g/mol. The van der Waals surface area contributed by atoms with E-state index < -0.39 is 11.6 Å². The molecule has 1 N–H and O–H groups in total. The van der Waals surface area contributed by atoms with E-state index in [1.807, 2.05) is 0 Å². The summed E-state index contributed by atoms with van der Waals surface area (Å²) in [6, 6.07) is 4.36. The van der Waals surface area contributed by atoms with Crippen molar-refractivity contribution in [2.45, 2.75) is 32.2 Å². The first kappa shape index (κ1) is 14.4. The molecule has 0 aliphatic carbocycles. The van der Waals surface area contributed by atoms with E-state index in [-0.39, 0.29) is 18.4 Å². The first-order valence-corrected chi connectivity index (χ1v) is 5.85. The Morgan fingerprint density at radius 1 is 1.12 bits per heavy atom. The van der Waals surface area contributed by atoms with Gasteiger partial charge in [-0.15, -0.1) is 12.4 Å². The van der Waals surface area contributed by atoms with Crippen LogP contribution in [0, 0.1) is 17.6 Å². The maximum absolute atomic E-state index is 13.1. The maximum atomic E-state index is 13.1. The third-order valence-corrected chi connectivity index (χ3v) is 3.32. The van der Waals surface area contributed by atoms with Gasteiger partial charge in [0.2, 0.25) is 0 Å². The van der Waals surface area contributed by atoms with Crippen molar-refractivity contribution in [2.24, 2.45) is 5.92 Å². The summed E-state index contributed by atoms with van der Waals surface area (Å²) in [6.45, 7) is 3.18. The smallest absolute Gasteiger partial charge is 0.159 e. The summed E-state index contributed by atoms with van der Waals surface area (Å²) in [5, 5.41) is 3.39. The van der Waals surface area contributed by atoms with Crippen molar-refractivity contribution in [2.75, 3.05) is 6.54 Å². The minimum atomic E-state index is -0.772. The van der Waals surface area contributed by atoms with E-state index in [0.717, 1.165) is 31.4 Å². The van der Waals surface area contributed by atoms with E-state index >= 15 is 0 Å². The minimum Gasteiger partial charge on any atom is -0.310 e. The predicted octanol–water partition coefficient (Wildman–Crippen LogP) is 3.84. The molecular formula is C13H18ClF2N.